The maximum atomic E-state index is 12.3. The zero-order valence-corrected chi connectivity index (χ0v) is 15.9. The molecule has 0 fully saturated rings. The first-order valence-electron chi connectivity index (χ1n) is 7.60. The number of hydrogen-bond donors (Lipinski definition) is 0. The normalized spacial score (nSPS) is 11.9. The molecule has 1 amide bonds. The summed E-state index contributed by atoms with van der Waals surface area (Å²) in [6.07, 6.45) is 0.281. The van der Waals surface area contributed by atoms with E-state index < -0.39 is 0 Å². The summed E-state index contributed by atoms with van der Waals surface area (Å²) in [5, 5.41) is 0. The van der Waals surface area contributed by atoms with Gasteiger partial charge in [0.15, 0.2) is 4.80 Å². The molecule has 0 radical (unpaired) electrons. The van der Waals surface area contributed by atoms with Crippen molar-refractivity contribution in [2.75, 3.05) is 7.11 Å². The molecular formula is C18H17BrN2O2S. The Morgan fingerprint density at radius 3 is 2.67 bits per heavy atom. The molecular weight excluding hydrogens is 388 g/mol. The summed E-state index contributed by atoms with van der Waals surface area (Å²) in [7, 11) is 1.62. The topological polar surface area (TPSA) is 43.6 Å². The quantitative estimate of drug-likeness (QED) is 0.654. The Labute approximate surface area is 152 Å². The summed E-state index contributed by atoms with van der Waals surface area (Å²) < 4.78 is 9.33. The van der Waals surface area contributed by atoms with Crippen molar-refractivity contribution in [1.29, 1.82) is 0 Å². The molecule has 0 bridgehead atoms. The average molecular weight is 405 g/mol. The van der Waals surface area contributed by atoms with Gasteiger partial charge in [0.1, 0.15) is 5.75 Å². The van der Waals surface area contributed by atoms with Crippen molar-refractivity contribution in [3.05, 3.63) is 57.3 Å². The van der Waals surface area contributed by atoms with Crippen LogP contribution in [0.2, 0.25) is 0 Å². The van der Waals surface area contributed by atoms with Gasteiger partial charge in [0.2, 0.25) is 0 Å². The molecule has 0 unspecified atom stereocenters. The van der Waals surface area contributed by atoms with Crippen LogP contribution >= 0.6 is 27.3 Å². The number of aromatic nitrogens is 1. The zero-order valence-electron chi connectivity index (χ0n) is 13.5. The number of hydrogen-bond acceptors (Lipinski definition) is 3. The Bertz CT molecular complexity index is 942. The van der Waals surface area contributed by atoms with Gasteiger partial charge in [0.25, 0.3) is 5.91 Å². The molecule has 0 spiro atoms. The highest BCUT2D eigenvalue weighted by molar-refractivity contribution is 9.10. The van der Waals surface area contributed by atoms with Gasteiger partial charge in [0.05, 0.1) is 23.7 Å². The number of carbonyl (C=O) groups excluding carboxylic acids is 1. The van der Waals surface area contributed by atoms with Crippen molar-refractivity contribution in [3.8, 4) is 5.75 Å². The molecule has 0 atom stereocenters. The second-order valence-electron chi connectivity index (χ2n) is 5.25. The van der Waals surface area contributed by atoms with Gasteiger partial charge >= 0.3 is 0 Å². The van der Waals surface area contributed by atoms with Gasteiger partial charge in [-0.3, -0.25) is 4.79 Å². The minimum Gasteiger partial charge on any atom is -0.497 e. The molecule has 0 aliphatic carbocycles. The largest absolute Gasteiger partial charge is 0.497 e. The maximum absolute atomic E-state index is 12.3. The molecule has 2 aromatic carbocycles. The Morgan fingerprint density at radius 2 is 2.00 bits per heavy atom. The number of fused-ring (bicyclic) bond motifs is 1. The van der Waals surface area contributed by atoms with Crippen LogP contribution in [0.3, 0.4) is 0 Å². The average Bonchev–Trinajstić information content (AvgIpc) is 2.93. The maximum Gasteiger partial charge on any atom is 0.252 e. The van der Waals surface area contributed by atoms with E-state index >= 15 is 0 Å². The SMILES string of the molecule is CCn1c(=NC(=O)Cc2ccc(OC)cc2)sc2cccc(Br)c21. The van der Waals surface area contributed by atoms with Crippen molar-refractivity contribution in [3.63, 3.8) is 0 Å². The van der Waals surface area contributed by atoms with E-state index in [-0.39, 0.29) is 12.3 Å². The van der Waals surface area contributed by atoms with E-state index in [2.05, 4.69) is 32.4 Å². The van der Waals surface area contributed by atoms with E-state index in [0.29, 0.717) is 0 Å². The predicted octanol–water partition coefficient (Wildman–Crippen LogP) is 4.16. The lowest BCUT2D eigenvalue weighted by Crippen LogP contribution is -2.16. The van der Waals surface area contributed by atoms with E-state index in [1.54, 1.807) is 7.11 Å². The lowest BCUT2D eigenvalue weighted by atomic mass is 10.1. The van der Waals surface area contributed by atoms with Crippen LogP contribution < -0.4 is 9.54 Å². The van der Waals surface area contributed by atoms with Crippen LogP contribution in [0.25, 0.3) is 10.2 Å². The van der Waals surface area contributed by atoms with Crippen LogP contribution in [0, 0.1) is 0 Å². The monoisotopic (exact) mass is 404 g/mol. The second-order valence-corrected chi connectivity index (χ2v) is 7.11. The Balaban J connectivity index is 1.93. The Hall–Kier alpha value is -1.92. The highest BCUT2D eigenvalue weighted by Crippen LogP contribution is 2.25. The summed E-state index contributed by atoms with van der Waals surface area (Å²) >= 11 is 5.12. The third-order valence-electron chi connectivity index (χ3n) is 3.70. The van der Waals surface area contributed by atoms with Crippen molar-refractivity contribution < 1.29 is 9.53 Å². The Kier molecular flexibility index (Phi) is 5.16. The molecule has 1 heterocycles. The van der Waals surface area contributed by atoms with Crippen LogP contribution in [0.4, 0.5) is 0 Å². The fourth-order valence-corrected chi connectivity index (χ4v) is 4.38. The summed E-state index contributed by atoms with van der Waals surface area (Å²) in [5.74, 6) is 0.631. The van der Waals surface area contributed by atoms with Gasteiger partial charge in [-0.1, -0.05) is 29.5 Å². The van der Waals surface area contributed by atoms with Crippen molar-refractivity contribution in [2.45, 2.75) is 19.9 Å². The van der Waals surface area contributed by atoms with Gasteiger partial charge in [-0.15, -0.1) is 0 Å². The molecule has 3 rings (SSSR count). The van der Waals surface area contributed by atoms with Crippen LogP contribution in [-0.2, 0) is 17.8 Å². The summed E-state index contributed by atoms with van der Waals surface area (Å²) in [6, 6.07) is 13.5. The van der Waals surface area contributed by atoms with Gasteiger partial charge in [-0.25, -0.2) is 0 Å². The molecule has 6 heteroatoms. The highest BCUT2D eigenvalue weighted by atomic mass is 79.9. The fourth-order valence-electron chi connectivity index (χ4n) is 2.53. The first-order valence-corrected chi connectivity index (χ1v) is 9.21. The summed E-state index contributed by atoms with van der Waals surface area (Å²) in [6.45, 7) is 2.82. The van der Waals surface area contributed by atoms with E-state index in [4.69, 9.17) is 4.74 Å². The number of aryl methyl sites for hydroxylation is 1. The molecule has 4 nitrogen and oxygen atoms in total. The number of ether oxygens (including phenoxy) is 1. The van der Waals surface area contributed by atoms with Crippen LogP contribution in [-0.4, -0.2) is 17.6 Å². The minimum absolute atomic E-state index is 0.148. The van der Waals surface area contributed by atoms with Gasteiger partial charge < -0.3 is 9.30 Å². The standard InChI is InChI=1S/C18H17BrN2O2S/c1-3-21-17-14(19)5-4-6-15(17)24-18(21)20-16(22)11-12-7-9-13(23-2)10-8-12/h4-10H,3,11H2,1-2H3. The molecule has 124 valence electrons. The smallest absolute Gasteiger partial charge is 0.252 e. The number of para-hydroxylation sites is 1. The second kappa shape index (κ2) is 7.32. The first kappa shape index (κ1) is 16.9. The number of amides is 1. The number of thiazole rings is 1. The van der Waals surface area contributed by atoms with Crippen LogP contribution in [0.15, 0.2) is 51.9 Å². The molecule has 0 aliphatic heterocycles. The summed E-state index contributed by atoms with van der Waals surface area (Å²) in [4.78, 5) is 17.4. The van der Waals surface area contributed by atoms with Gasteiger partial charge in [-0.05, 0) is 52.7 Å². The number of carbonyl (C=O) groups is 1. The van der Waals surface area contributed by atoms with E-state index in [1.165, 1.54) is 11.3 Å². The van der Waals surface area contributed by atoms with Gasteiger partial charge in [0, 0.05) is 11.0 Å². The molecule has 0 aliphatic rings. The van der Waals surface area contributed by atoms with Crippen LogP contribution in [0.5, 0.6) is 5.75 Å². The molecule has 0 saturated heterocycles. The number of rotatable bonds is 4. The number of benzene rings is 2. The number of nitrogens with zero attached hydrogens (tertiary/aromatic N) is 2. The fraction of sp³-hybridized carbons (Fsp3) is 0.222. The number of halogens is 1. The van der Waals surface area contributed by atoms with Crippen molar-refractivity contribution in [2.24, 2.45) is 4.99 Å². The molecule has 0 N–H and O–H groups in total. The van der Waals surface area contributed by atoms with E-state index in [0.717, 1.165) is 37.3 Å². The zero-order chi connectivity index (χ0) is 17.1. The molecule has 1 aromatic heterocycles. The van der Waals surface area contributed by atoms with Crippen molar-refractivity contribution in [1.82, 2.24) is 4.57 Å². The van der Waals surface area contributed by atoms with Crippen LogP contribution in [0.1, 0.15) is 12.5 Å². The third kappa shape index (κ3) is 3.44. The number of methoxy groups -OCH3 is 1. The minimum atomic E-state index is -0.148. The summed E-state index contributed by atoms with van der Waals surface area (Å²) in [5.41, 5.74) is 2.01. The highest BCUT2D eigenvalue weighted by Gasteiger charge is 2.09. The molecule has 3 aromatic rings. The van der Waals surface area contributed by atoms with E-state index in [1.807, 2.05) is 42.5 Å². The molecule has 0 saturated carbocycles. The lowest BCUT2D eigenvalue weighted by molar-refractivity contribution is -0.117. The molecule has 24 heavy (non-hydrogen) atoms. The van der Waals surface area contributed by atoms with E-state index in [9.17, 15) is 4.79 Å². The van der Waals surface area contributed by atoms with Crippen molar-refractivity contribution >= 4 is 43.4 Å². The lowest BCUT2D eigenvalue weighted by Gasteiger charge is -2.02. The first-order chi connectivity index (χ1) is 11.6. The Morgan fingerprint density at radius 1 is 1.25 bits per heavy atom. The third-order valence-corrected chi connectivity index (χ3v) is 5.39. The van der Waals surface area contributed by atoms with Gasteiger partial charge in [-0.2, -0.15) is 4.99 Å². The predicted molar refractivity (Wildman–Crippen MR) is 100 cm³/mol.